The van der Waals surface area contributed by atoms with Crippen LogP contribution in [0.25, 0.3) is 27.7 Å². The van der Waals surface area contributed by atoms with Crippen molar-refractivity contribution in [3.63, 3.8) is 0 Å². The fourth-order valence-electron chi connectivity index (χ4n) is 9.17. The molecule has 2 amide bonds. The van der Waals surface area contributed by atoms with Crippen molar-refractivity contribution in [3.05, 3.63) is 59.4 Å². The van der Waals surface area contributed by atoms with E-state index in [-0.39, 0.29) is 54.1 Å². The van der Waals surface area contributed by atoms with Gasteiger partial charge < -0.3 is 19.4 Å². The third kappa shape index (κ3) is 7.85. The summed E-state index contributed by atoms with van der Waals surface area (Å²) in [6.07, 6.45) is 6.83. The van der Waals surface area contributed by atoms with Crippen LogP contribution in [0.4, 0.5) is 0 Å². The van der Waals surface area contributed by atoms with Gasteiger partial charge in [-0.3, -0.25) is 29.3 Å². The number of hydrazine groups is 1. The Morgan fingerprint density at radius 1 is 1.16 bits per heavy atom. The molecule has 1 saturated carbocycles. The van der Waals surface area contributed by atoms with Crippen molar-refractivity contribution in [2.75, 3.05) is 40.0 Å². The molecule has 3 aromatic rings. The number of carbonyl (C=O) groups is 3. The van der Waals surface area contributed by atoms with Gasteiger partial charge in [0.1, 0.15) is 12.1 Å². The Morgan fingerprint density at radius 2 is 1.95 bits per heavy atom. The first-order valence-corrected chi connectivity index (χ1v) is 20.4. The van der Waals surface area contributed by atoms with Gasteiger partial charge >= 0.3 is 5.97 Å². The minimum atomic E-state index is -0.809. The number of hydrogen-bond acceptors (Lipinski definition) is 8. The van der Waals surface area contributed by atoms with Gasteiger partial charge in [-0.25, -0.2) is 5.43 Å². The summed E-state index contributed by atoms with van der Waals surface area (Å²) in [5, 5.41) is 5.89. The largest absolute Gasteiger partial charge is 0.464 e. The van der Waals surface area contributed by atoms with Gasteiger partial charge in [0.25, 0.3) is 5.91 Å². The smallest absolute Gasteiger partial charge is 0.324 e. The molecule has 4 aliphatic rings. The molecule has 5 heterocycles. The van der Waals surface area contributed by atoms with Gasteiger partial charge in [-0.1, -0.05) is 53.7 Å². The van der Waals surface area contributed by atoms with E-state index in [0.717, 1.165) is 35.3 Å². The van der Waals surface area contributed by atoms with Crippen LogP contribution in [0.2, 0.25) is 0 Å². The van der Waals surface area contributed by atoms with Gasteiger partial charge in [0.05, 0.1) is 24.6 Å². The summed E-state index contributed by atoms with van der Waals surface area (Å²) >= 11 is 0. The first-order valence-electron chi connectivity index (χ1n) is 20.4. The van der Waals surface area contributed by atoms with Gasteiger partial charge in [0, 0.05) is 73.3 Å². The molecule has 3 aliphatic heterocycles. The summed E-state index contributed by atoms with van der Waals surface area (Å²) in [6.45, 7) is 17.9. The zero-order chi connectivity index (χ0) is 39.2. The third-order valence-electron chi connectivity index (χ3n) is 12.5. The Morgan fingerprint density at radius 3 is 2.65 bits per heavy atom. The van der Waals surface area contributed by atoms with Gasteiger partial charge in [-0.2, -0.15) is 0 Å². The number of aryl methyl sites for hydroxylation is 1. The van der Waals surface area contributed by atoms with Crippen LogP contribution < -0.4 is 10.7 Å². The lowest BCUT2D eigenvalue weighted by Gasteiger charge is -2.40. The second kappa shape index (κ2) is 15.8. The lowest BCUT2D eigenvalue weighted by Crippen LogP contribution is -2.62. The van der Waals surface area contributed by atoms with E-state index in [9.17, 15) is 14.4 Å². The van der Waals surface area contributed by atoms with Gasteiger partial charge in [0.2, 0.25) is 5.91 Å². The van der Waals surface area contributed by atoms with Crippen molar-refractivity contribution >= 4 is 34.3 Å². The van der Waals surface area contributed by atoms with Crippen molar-refractivity contribution in [3.8, 4) is 11.3 Å². The predicted molar refractivity (Wildman–Crippen MR) is 215 cm³/mol. The first-order chi connectivity index (χ1) is 26.3. The molecule has 11 nitrogen and oxygen atoms in total. The SMILES string of the molecule is CCn1c(-c2cccnc2C(C)C)c2c3cc(ccc31)C1=CC[C@H](COC)N(C1)C[C@H](NC(=O)[C@H]1[C@H](C)[C@@H]1C)C(=O)N1CCC[C@H](N1)C(=O)OCC(C)(C)C2. The number of nitrogens with zero attached hydrogens (tertiary/aromatic N) is 4. The van der Waals surface area contributed by atoms with Crippen molar-refractivity contribution < 1.29 is 23.9 Å². The van der Waals surface area contributed by atoms with E-state index in [4.69, 9.17) is 14.5 Å². The molecular formula is C44H60N6O5. The van der Waals surface area contributed by atoms with E-state index < -0.39 is 17.5 Å². The number of aromatic nitrogens is 2. The maximum Gasteiger partial charge on any atom is 0.324 e. The van der Waals surface area contributed by atoms with Crippen LogP contribution in [-0.4, -0.2) is 95.3 Å². The molecule has 6 bridgehead atoms. The fourth-order valence-corrected chi connectivity index (χ4v) is 9.17. The molecule has 55 heavy (non-hydrogen) atoms. The minimum absolute atomic E-state index is 0.0234. The van der Waals surface area contributed by atoms with Crippen LogP contribution in [0.15, 0.2) is 42.6 Å². The number of carbonyl (C=O) groups excluding carboxylic acids is 3. The quantitative estimate of drug-likeness (QED) is 0.284. The highest BCUT2D eigenvalue weighted by molar-refractivity contribution is 5.95. The van der Waals surface area contributed by atoms with E-state index >= 15 is 0 Å². The number of fused-ring (bicyclic) bond motifs is 6. The van der Waals surface area contributed by atoms with Crippen LogP contribution in [-0.2, 0) is 36.8 Å². The normalized spacial score (nSPS) is 28.4. The van der Waals surface area contributed by atoms with E-state index in [1.807, 2.05) is 12.3 Å². The van der Waals surface area contributed by atoms with Crippen LogP contribution in [0.1, 0.15) is 90.5 Å². The van der Waals surface area contributed by atoms with Gasteiger partial charge in [-0.05, 0) is 91.3 Å². The van der Waals surface area contributed by atoms with Crippen molar-refractivity contribution in [1.82, 2.24) is 30.2 Å². The van der Waals surface area contributed by atoms with Crippen LogP contribution in [0.5, 0.6) is 0 Å². The monoisotopic (exact) mass is 752 g/mol. The Kier molecular flexibility index (Phi) is 11.3. The molecule has 0 radical (unpaired) electrons. The van der Waals surface area contributed by atoms with Crippen molar-refractivity contribution in [2.45, 2.75) is 105 Å². The van der Waals surface area contributed by atoms with Crippen LogP contribution in [0.3, 0.4) is 0 Å². The molecule has 2 aromatic heterocycles. The minimum Gasteiger partial charge on any atom is -0.464 e. The number of benzene rings is 1. The fraction of sp³-hybridized carbons (Fsp3) is 0.591. The summed E-state index contributed by atoms with van der Waals surface area (Å²) in [4.78, 5) is 49.0. The number of nitrogens with one attached hydrogen (secondary N) is 2. The molecule has 7 rings (SSSR count). The molecule has 1 aromatic carbocycles. The molecule has 2 N–H and O–H groups in total. The van der Waals surface area contributed by atoms with Crippen molar-refractivity contribution in [1.29, 1.82) is 0 Å². The molecule has 1 aliphatic carbocycles. The number of methoxy groups -OCH3 is 1. The number of esters is 1. The van der Waals surface area contributed by atoms with E-state index in [2.05, 4.69) is 99.0 Å². The standard InChI is InChI=1S/C44H60N6O5/c1-9-49-37-17-15-29-20-33(37)34(40(49)32-12-10-18-45-39(32)26(2)3)21-44(6,7)25-55-43(53)35-13-11-19-50(47-35)42(52)36(46-41(51)38-27(4)28(38)5)23-48-22-30(29)14-16-31(48)24-54-8/h10,12,14-15,17-18,20,26-28,31,35-36,38,47H,9,11,13,16,19,21-25H2,1-8H3,(H,46,51)/t27-,28+,31-,35+,36+,38+/m1/s1. The van der Waals surface area contributed by atoms with E-state index in [0.29, 0.717) is 45.5 Å². The highest BCUT2D eigenvalue weighted by Gasteiger charge is 2.49. The average Bonchev–Trinajstić information content (AvgIpc) is 3.66. The number of pyridine rings is 1. The first kappa shape index (κ1) is 39.2. The summed E-state index contributed by atoms with van der Waals surface area (Å²) in [5.74, 6) is -0.0345. The lowest BCUT2D eigenvalue weighted by molar-refractivity contribution is -0.155. The Balaban J connectivity index is 1.36. The van der Waals surface area contributed by atoms with Crippen LogP contribution in [0, 0.1) is 23.2 Å². The summed E-state index contributed by atoms with van der Waals surface area (Å²) in [7, 11) is 1.71. The molecule has 7 atom stereocenters. The third-order valence-corrected chi connectivity index (χ3v) is 12.5. The zero-order valence-electron chi connectivity index (χ0n) is 34.0. The summed E-state index contributed by atoms with van der Waals surface area (Å²) in [6, 6.07) is 9.56. The Hall–Kier alpha value is -4.06. The molecule has 1 saturated heterocycles. The molecule has 11 heteroatoms. The molecule has 1 unspecified atom stereocenters. The summed E-state index contributed by atoms with van der Waals surface area (Å²) in [5.41, 5.74) is 10.9. The number of rotatable bonds is 7. The average molecular weight is 753 g/mol. The number of hydrogen-bond donors (Lipinski definition) is 2. The number of cyclic esters (lactones) is 1. The second-order valence-electron chi connectivity index (χ2n) is 17.5. The zero-order valence-corrected chi connectivity index (χ0v) is 34.0. The summed E-state index contributed by atoms with van der Waals surface area (Å²) < 4.78 is 14.2. The molecule has 0 spiro atoms. The highest BCUT2D eigenvalue weighted by atomic mass is 16.5. The number of amides is 2. The molecule has 2 fully saturated rings. The maximum absolute atomic E-state index is 14.4. The van der Waals surface area contributed by atoms with Gasteiger partial charge in [0.15, 0.2) is 0 Å². The molecular weight excluding hydrogens is 693 g/mol. The lowest BCUT2D eigenvalue weighted by atomic mass is 9.83. The van der Waals surface area contributed by atoms with E-state index in [1.165, 1.54) is 22.2 Å². The number of ether oxygens (including phenoxy) is 2. The van der Waals surface area contributed by atoms with Crippen molar-refractivity contribution in [2.24, 2.45) is 23.2 Å². The maximum atomic E-state index is 14.4. The van der Waals surface area contributed by atoms with Crippen LogP contribution >= 0.6 is 0 Å². The van der Waals surface area contributed by atoms with Gasteiger partial charge in [-0.15, -0.1) is 0 Å². The predicted octanol–water partition coefficient (Wildman–Crippen LogP) is 5.96. The topological polar surface area (TPSA) is 118 Å². The highest BCUT2D eigenvalue weighted by Crippen LogP contribution is 2.45. The Labute approximate surface area is 326 Å². The van der Waals surface area contributed by atoms with E-state index in [1.54, 1.807) is 12.1 Å². The Bertz CT molecular complexity index is 1960. The molecule has 296 valence electrons. The second-order valence-corrected chi connectivity index (χ2v) is 17.5.